The number of rotatable bonds is 0. The number of aromatic nitrogens is 2. The van der Waals surface area contributed by atoms with Crippen LogP contribution in [0.3, 0.4) is 0 Å². The molecular formula is C7H9N3O. The molecule has 4 nitrogen and oxygen atoms in total. The maximum atomic E-state index is 11.1. The molecule has 0 spiro atoms. The fourth-order valence-corrected chi connectivity index (χ4v) is 1.30. The zero-order chi connectivity index (χ0) is 7.84. The van der Waals surface area contributed by atoms with E-state index in [0.717, 1.165) is 12.4 Å². The van der Waals surface area contributed by atoms with E-state index in [4.69, 9.17) is 0 Å². The molecule has 0 aliphatic carbocycles. The lowest BCUT2D eigenvalue weighted by atomic mass is 10.3. The Kier molecular flexibility index (Phi) is 1.21. The molecule has 1 aromatic heterocycles. The van der Waals surface area contributed by atoms with Gasteiger partial charge in [-0.3, -0.25) is 4.79 Å². The lowest BCUT2D eigenvalue weighted by Gasteiger charge is -2.15. The van der Waals surface area contributed by atoms with Crippen molar-refractivity contribution >= 4 is 5.91 Å². The second-order valence-electron chi connectivity index (χ2n) is 2.60. The van der Waals surface area contributed by atoms with Crippen molar-refractivity contribution in [2.75, 3.05) is 6.54 Å². The van der Waals surface area contributed by atoms with E-state index >= 15 is 0 Å². The Morgan fingerprint density at radius 1 is 1.73 bits per heavy atom. The van der Waals surface area contributed by atoms with Crippen molar-refractivity contribution < 1.29 is 4.79 Å². The van der Waals surface area contributed by atoms with Gasteiger partial charge in [0.05, 0.1) is 6.20 Å². The van der Waals surface area contributed by atoms with Gasteiger partial charge in [0, 0.05) is 13.1 Å². The molecule has 0 radical (unpaired) electrons. The minimum Gasteiger partial charge on any atom is -0.349 e. The summed E-state index contributed by atoms with van der Waals surface area (Å²) in [5, 5.41) is 2.75. The summed E-state index contributed by atoms with van der Waals surface area (Å²) in [6.07, 6.45) is 1.61. The molecule has 2 rings (SSSR count). The quantitative estimate of drug-likeness (QED) is 0.564. The Bertz CT molecular complexity index is 303. The van der Waals surface area contributed by atoms with Gasteiger partial charge < -0.3 is 9.88 Å². The number of carbonyl (C=O) groups excluding carboxylic acids is 1. The molecule has 1 amide bonds. The van der Waals surface area contributed by atoms with E-state index in [-0.39, 0.29) is 5.91 Å². The van der Waals surface area contributed by atoms with Crippen molar-refractivity contribution in [3.05, 3.63) is 17.7 Å². The zero-order valence-corrected chi connectivity index (χ0v) is 6.29. The molecule has 2 heterocycles. The van der Waals surface area contributed by atoms with Crippen molar-refractivity contribution in [3.8, 4) is 0 Å². The van der Waals surface area contributed by atoms with Crippen molar-refractivity contribution in [2.24, 2.45) is 0 Å². The van der Waals surface area contributed by atoms with Crippen LogP contribution in [0.15, 0.2) is 6.20 Å². The van der Waals surface area contributed by atoms with Gasteiger partial charge in [-0.05, 0) is 6.92 Å². The highest BCUT2D eigenvalue weighted by Gasteiger charge is 2.17. The summed E-state index contributed by atoms with van der Waals surface area (Å²) < 4.78 is 1.93. The molecule has 1 aliphatic rings. The monoisotopic (exact) mass is 151 g/mol. The average Bonchev–Trinajstić information content (AvgIpc) is 2.35. The fraction of sp³-hybridized carbons (Fsp3) is 0.429. The molecular weight excluding hydrogens is 142 g/mol. The summed E-state index contributed by atoms with van der Waals surface area (Å²) in [4.78, 5) is 15.2. The number of hydrogen-bond donors (Lipinski definition) is 1. The molecule has 0 bridgehead atoms. The first-order valence-corrected chi connectivity index (χ1v) is 3.59. The molecule has 4 heteroatoms. The highest BCUT2D eigenvalue weighted by molar-refractivity contribution is 5.93. The van der Waals surface area contributed by atoms with Crippen LogP contribution >= 0.6 is 0 Å². The predicted octanol–water partition coefficient (Wildman–Crippen LogP) is -0.0651. The van der Waals surface area contributed by atoms with Crippen LogP contribution in [0.2, 0.25) is 0 Å². The largest absolute Gasteiger partial charge is 0.349 e. The Hall–Kier alpha value is -1.32. The van der Waals surface area contributed by atoms with Gasteiger partial charge in [-0.25, -0.2) is 4.98 Å². The summed E-state index contributed by atoms with van der Waals surface area (Å²) in [6.45, 7) is 3.46. The lowest BCUT2D eigenvalue weighted by Crippen LogP contribution is -2.35. The van der Waals surface area contributed by atoms with Crippen LogP contribution in [0.5, 0.6) is 0 Å². The van der Waals surface area contributed by atoms with E-state index in [1.165, 1.54) is 0 Å². The van der Waals surface area contributed by atoms with Crippen LogP contribution < -0.4 is 5.32 Å². The number of fused-ring (bicyclic) bond motifs is 1. The minimum absolute atomic E-state index is 0.0168. The number of aryl methyl sites for hydroxylation is 1. The average molecular weight is 151 g/mol. The van der Waals surface area contributed by atoms with Gasteiger partial charge in [-0.1, -0.05) is 0 Å². The van der Waals surface area contributed by atoms with Crippen molar-refractivity contribution in [2.45, 2.75) is 13.5 Å². The number of nitrogens with one attached hydrogen (secondary N) is 1. The molecule has 0 saturated heterocycles. The SMILES string of the molecule is Cc1ncc2n1CCNC2=O. The lowest BCUT2D eigenvalue weighted by molar-refractivity contribution is 0.0927. The molecule has 0 aromatic carbocycles. The molecule has 0 unspecified atom stereocenters. The van der Waals surface area contributed by atoms with Crippen molar-refractivity contribution in [1.82, 2.24) is 14.9 Å². The van der Waals surface area contributed by atoms with E-state index in [2.05, 4.69) is 10.3 Å². The fourth-order valence-electron chi connectivity index (χ4n) is 1.30. The van der Waals surface area contributed by atoms with Crippen LogP contribution in [-0.4, -0.2) is 22.0 Å². The predicted molar refractivity (Wildman–Crippen MR) is 39.3 cm³/mol. The first kappa shape index (κ1) is 6.39. The van der Waals surface area contributed by atoms with Gasteiger partial charge >= 0.3 is 0 Å². The molecule has 1 N–H and O–H groups in total. The summed E-state index contributed by atoms with van der Waals surface area (Å²) >= 11 is 0. The van der Waals surface area contributed by atoms with Crippen LogP contribution in [0.1, 0.15) is 16.3 Å². The molecule has 0 fully saturated rings. The first-order valence-electron chi connectivity index (χ1n) is 3.59. The molecule has 1 aliphatic heterocycles. The zero-order valence-electron chi connectivity index (χ0n) is 6.29. The number of hydrogen-bond acceptors (Lipinski definition) is 2. The maximum absolute atomic E-state index is 11.1. The van der Waals surface area contributed by atoms with E-state index in [0.29, 0.717) is 12.2 Å². The first-order chi connectivity index (χ1) is 5.29. The van der Waals surface area contributed by atoms with E-state index in [9.17, 15) is 4.79 Å². The Morgan fingerprint density at radius 2 is 2.55 bits per heavy atom. The molecule has 0 atom stereocenters. The minimum atomic E-state index is -0.0168. The third-order valence-corrected chi connectivity index (χ3v) is 1.91. The van der Waals surface area contributed by atoms with Crippen LogP contribution in [0.25, 0.3) is 0 Å². The maximum Gasteiger partial charge on any atom is 0.269 e. The van der Waals surface area contributed by atoms with Gasteiger partial charge in [-0.2, -0.15) is 0 Å². The van der Waals surface area contributed by atoms with Gasteiger partial charge in [0.1, 0.15) is 11.5 Å². The summed E-state index contributed by atoms with van der Waals surface area (Å²) in [5.74, 6) is 0.895. The van der Waals surface area contributed by atoms with E-state index in [1.807, 2.05) is 11.5 Å². The number of carbonyl (C=O) groups is 1. The second-order valence-corrected chi connectivity index (χ2v) is 2.60. The molecule has 11 heavy (non-hydrogen) atoms. The van der Waals surface area contributed by atoms with E-state index < -0.39 is 0 Å². The van der Waals surface area contributed by atoms with Crippen molar-refractivity contribution in [1.29, 1.82) is 0 Å². The Labute approximate surface area is 64.2 Å². The van der Waals surface area contributed by atoms with E-state index in [1.54, 1.807) is 6.20 Å². The normalized spacial score (nSPS) is 15.9. The molecule has 1 aromatic rings. The summed E-state index contributed by atoms with van der Waals surface area (Å²) in [7, 11) is 0. The Balaban J connectivity index is 2.55. The number of imidazole rings is 1. The van der Waals surface area contributed by atoms with Gasteiger partial charge in [0.2, 0.25) is 0 Å². The number of nitrogens with zero attached hydrogens (tertiary/aromatic N) is 2. The Morgan fingerprint density at radius 3 is 3.27 bits per heavy atom. The molecule has 0 saturated carbocycles. The van der Waals surface area contributed by atoms with Gasteiger partial charge in [0.25, 0.3) is 5.91 Å². The van der Waals surface area contributed by atoms with Crippen LogP contribution in [0, 0.1) is 6.92 Å². The van der Waals surface area contributed by atoms with Crippen LogP contribution in [-0.2, 0) is 6.54 Å². The standard InChI is InChI=1S/C7H9N3O/c1-5-9-4-6-7(11)8-2-3-10(5)6/h4H,2-3H2,1H3,(H,8,11). The third kappa shape index (κ3) is 0.824. The number of amides is 1. The van der Waals surface area contributed by atoms with Crippen LogP contribution in [0.4, 0.5) is 0 Å². The second kappa shape index (κ2) is 2.08. The highest BCUT2D eigenvalue weighted by Crippen LogP contribution is 2.06. The van der Waals surface area contributed by atoms with Gasteiger partial charge in [0.15, 0.2) is 0 Å². The summed E-state index contributed by atoms with van der Waals surface area (Å²) in [6, 6.07) is 0. The topological polar surface area (TPSA) is 46.9 Å². The highest BCUT2D eigenvalue weighted by atomic mass is 16.2. The third-order valence-electron chi connectivity index (χ3n) is 1.91. The summed E-state index contributed by atoms with van der Waals surface area (Å²) in [5.41, 5.74) is 0.675. The van der Waals surface area contributed by atoms with Gasteiger partial charge in [-0.15, -0.1) is 0 Å². The smallest absolute Gasteiger partial charge is 0.269 e. The molecule has 58 valence electrons. The van der Waals surface area contributed by atoms with Crippen molar-refractivity contribution in [3.63, 3.8) is 0 Å².